The van der Waals surface area contributed by atoms with Crippen molar-refractivity contribution in [3.05, 3.63) is 18.2 Å². The van der Waals surface area contributed by atoms with Crippen molar-refractivity contribution in [2.75, 3.05) is 13.1 Å². The van der Waals surface area contributed by atoms with Gasteiger partial charge in [-0.25, -0.2) is 9.78 Å². The van der Waals surface area contributed by atoms with Crippen LogP contribution >= 0.6 is 0 Å². The van der Waals surface area contributed by atoms with Crippen LogP contribution in [-0.2, 0) is 30.4 Å². The van der Waals surface area contributed by atoms with Gasteiger partial charge in [-0.05, 0) is 25.8 Å². The summed E-state index contributed by atoms with van der Waals surface area (Å²) in [6.07, 6.45) is 3.12. The smallest absolute Gasteiger partial charge is 0.326 e. The number of unbranched alkanes of at least 4 members (excludes halogenated alkanes) is 1. The Labute approximate surface area is 183 Å². The van der Waals surface area contributed by atoms with E-state index in [2.05, 4.69) is 25.9 Å². The number of carbonyl (C=O) groups is 5. The molecule has 178 valence electrons. The van der Waals surface area contributed by atoms with Crippen LogP contribution in [0.1, 0.15) is 31.4 Å². The summed E-state index contributed by atoms with van der Waals surface area (Å²) < 4.78 is 0. The average Bonchev–Trinajstić information content (AvgIpc) is 3.24. The Kier molecular flexibility index (Phi) is 11.4. The molecule has 0 radical (unpaired) electrons. The third-order valence-electron chi connectivity index (χ3n) is 4.39. The van der Waals surface area contributed by atoms with Crippen LogP contribution < -0.4 is 27.4 Å². The first-order valence-electron chi connectivity index (χ1n) is 9.90. The number of imidazole rings is 1. The maximum absolute atomic E-state index is 12.8. The Morgan fingerprint density at radius 1 is 0.969 bits per heavy atom. The number of aliphatic carboxylic acids is 2. The summed E-state index contributed by atoms with van der Waals surface area (Å²) in [5.41, 5.74) is 11.1. The number of nitrogens with two attached hydrogens (primary N) is 2. The molecule has 3 unspecified atom stereocenters. The first-order chi connectivity index (χ1) is 15.2. The average molecular weight is 455 g/mol. The van der Waals surface area contributed by atoms with Gasteiger partial charge in [-0.3, -0.25) is 19.2 Å². The van der Waals surface area contributed by atoms with E-state index >= 15 is 0 Å². The molecule has 3 atom stereocenters. The van der Waals surface area contributed by atoms with Gasteiger partial charge in [-0.15, -0.1) is 0 Å². The fourth-order valence-electron chi connectivity index (χ4n) is 2.76. The molecular weight excluding hydrogens is 426 g/mol. The minimum atomic E-state index is -1.49. The first-order valence-corrected chi connectivity index (χ1v) is 9.90. The number of aromatic amines is 1. The van der Waals surface area contributed by atoms with Crippen molar-refractivity contribution in [2.24, 2.45) is 11.5 Å². The number of hydrogen-bond acceptors (Lipinski definition) is 8. The lowest BCUT2D eigenvalue weighted by Crippen LogP contribution is -2.57. The summed E-state index contributed by atoms with van der Waals surface area (Å²) in [6, 6.07) is -3.96. The lowest BCUT2D eigenvalue weighted by atomic mass is 10.1. The Morgan fingerprint density at radius 2 is 1.62 bits per heavy atom. The molecule has 1 heterocycles. The first kappa shape index (κ1) is 26.5. The largest absolute Gasteiger partial charge is 0.481 e. The molecule has 1 rings (SSSR count). The van der Waals surface area contributed by atoms with E-state index in [1.165, 1.54) is 12.5 Å². The lowest BCUT2D eigenvalue weighted by molar-refractivity contribution is -0.143. The van der Waals surface area contributed by atoms with Gasteiger partial charge in [0.1, 0.15) is 18.1 Å². The van der Waals surface area contributed by atoms with Crippen LogP contribution in [0.3, 0.4) is 0 Å². The zero-order valence-corrected chi connectivity index (χ0v) is 17.4. The molecule has 14 heteroatoms. The molecule has 0 bridgehead atoms. The van der Waals surface area contributed by atoms with Crippen molar-refractivity contribution < 1.29 is 34.2 Å². The van der Waals surface area contributed by atoms with E-state index in [1.54, 1.807) is 0 Å². The second-order valence-electron chi connectivity index (χ2n) is 6.95. The monoisotopic (exact) mass is 455 g/mol. The van der Waals surface area contributed by atoms with E-state index in [4.69, 9.17) is 16.6 Å². The zero-order valence-electron chi connectivity index (χ0n) is 17.4. The van der Waals surface area contributed by atoms with Crippen LogP contribution in [0, 0.1) is 0 Å². The minimum absolute atomic E-state index is 0.0860. The van der Waals surface area contributed by atoms with Crippen LogP contribution in [0.5, 0.6) is 0 Å². The highest BCUT2D eigenvalue weighted by Gasteiger charge is 2.30. The van der Waals surface area contributed by atoms with E-state index in [9.17, 15) is 29.1 Å². The maximum atomic E-state index is 12.8. The van der Waals surface area contributed by atoms with Gasteiger partial charge < -0.3 is 42.6 Å². The Bertz CT molecular complexity index is 785. The second kappa shape index (κ2) is 13.7. The van der Waals surface area contributed by atoms with Crippen molar-refractivity contribution in [3.63, 3.8) is 0 Å². The molecule has 0 aromatic carbocycles. The fourth-order valence-corrected chi connectivity index (χ4v) is 2.76. The van der Waals surface area contributed by atoms with Gasteiger partial charge in [0.15, 0.2) is 0 Å². The third-order valence-corrected chi connectivity index (χ3v) is 4.39. The minimum Gasteiger partial charge on any atom is -0.481 e. The quantitative estimate of drug-likeness (QED) is 0.125. The molecule has 3 amide bonds. The Morgan fingerprint density at radius 3 is 2.16 bits per heavy atom. The van der Waals surface area contributed by atoms with Gasteiger partial charge in [0.25, 0.3) is 0 Å². The Balaban J connectivity index is 2.99. The fraction of sp³-hybridized carbons (Fsp3) is 0.556. The number of carboxylic acids is 2. The molecule has 0 fully saturated rings. The molecule has 1 aromatic heterocycles. The molecule has 0 aliphatic rings. The van der Waals surface area contributed by atoms with Gasteiger partial charge in [-0.1, -0.05) is 0 Å². The molecule has 32 heavy (non-hydrogen) atoms. The van der Waals surface area contributed by atoms with Crippen LogP contribution in [-0.4, -0.2) is 81.1 Å². The number of H-pyrrole nitrogens is 1. The van der Waals surface area contributed by atoms with Crippen molar-refractivity contribution in [1.29, 1.82) is 0 Å². The van der Waals surface area contributed by atoms with E-state index in [-0.39, 0.29) is 12.8 Å². The number of carbonyl (C=O) groups excluding carboxylic acids is 3. The number of carboxylic acid groups (broad SMARTS) is 2. The highest BCUT2D eigenvalue weighted by atomic mass is 16.4. The number of nitrogens with one attached hydrogen (secondary N) is 4. The Hall–Kier alpha value is -3.52. The van der Waals surface area contributed by atoms with Crippen LogP contribution in [0.2, 0.25) is 0 Å². The normalized spacial score (nSPS) is 13.4. The molecule has 10 N–H and O–H groups in total. The summed E-state index contributed by atoms with van der Waals surface area (Å²) >= 11 is 0. The van der Waals surface area contributed by atoms with E-state index in [0.29, 0.717) is 25.1 Å². The third kappa shape index (κ3) is 9.53. The summed E-state index contributed by atoms with van der Waals surface area (Å²) in [6.45, 7) is -0.0944. The summed E-state index contributed by atoms with van der Waals surface area (Å²) in [5, 5.41) is 25.3. The predicted molar refractivity (Wildman–Crippen MR) is 110 cm³/mol. The van der Waals surface area contributed by atoms with Crippen molar-refractivity contribution >= 4 is 29.7 Å². The van der Waals surface area contributed by atoms with E-state index in [1.807, 2.05) is 0 Å². The standard InChI is InChI=1S/C18H29N7O7/c19-4-2-1-3-11(18(31)32)24-16(29)12(5-10-8-21-9-22-10)25-17(30)13(6-15(27)28)23-14(26)7-20/h8-9,11-13H,1-7,19-20H2,(H,21,22)(H,23,26)(H,24,29)(H,25,30)(H,27,28)(H,31,32). The molecule has 0 aliphatic carbocycles. The number of rotatable bonds is 15. The molecule has 0 aliphatic heterocycles. The second-order valence-corrected chi connectivity index (χ2v) is 6.95. The van der Waals surface area contributed by atoms with Gasteiger partial charge in [0, 0.05) is 18.3 Å². The van der Waals surface area contributed by atoms with Crippen molar-refractivity contribution in [2.45, 2.75) is 50.2 Å². The molecule has 14 nitrogen and oxygen atoms in total. The highest BCUT2D eigenvalue weighted by Crippen LogP contribution is 2.05. The van der Waals surface area contributed by atoms with Crippen LogP contribution in [0.15, 0.2) is 12.5 Å². The SMILES string of the molecule is NCCCCC(NC(=O)C(Cc1cnc[nH]1)NC(=O)C(CC(=O)O)NC(=O)CN)C(=O)O. The summed E-state index contributed by atoms with van der Waals surface area (Å²) in [5.74, 6) is -5.10. The number of amides is 3. The van der Waals surface area contributed by atoms with Gasteiger partial charge in [0.05, 0.1) is 19.3 Å². The van der Waals surface area contributed by atoms with E-state index < -0.39 is 60.8 Å². The van der Waals surface area contributed by atoms with E-state index in [0.717, 1.165) is 0 Å². The van der Waals surface area contributed by atoms with Gasteiger partial charge in [0.2, 0.25) is 17.7 Å². The number of hydrogen-bond donors (Lipinski definition) is 8. The highest BCUT2D eigenvalue weighted by molar-refractivity contribution is 5.95. The topological polar surface area (TPSA) is 243 Å². The number of aromatic nitrogens is 2. The molecule has 0 saturated carbocycles. The zero-order chi connectivity index (χ0) is 24.1. The molecule has 1 aromatic rings. The van der Waals surface area contributed by atoms with Gasteiger partial charge in [-0.2, -0.15) is 0 Å². The van der Waals surface area contributed by atoms with Crippen LogP contribution in [0.25, 0.3) is 0 Å². The van der Waals surface area contributed by atoms with Crippen molar-refractivity contribution in [1.82, 2.24) is 25.9 Å². The molecule has 0 saturated heterocycles. The van der Waals surface area contributed by atoms with Crippen LogP contribution in [0.4, 0.5) is 0 Å². The molecule has 0 spiro atoms. The summed E-state index contributed by atoms with van der Waals surface area (Å²) in [4.78, 5) is 66.2. The van der Waals surface area contributed by atoms with Crippen molar-refractivity contribution in [3.8, 4) is 0 Å². The molecular formula is C18H29N7O7. The summed E-state index contributed by atoms with van der Waals surface area (Å²) in [7, 11) is 0. The number of nitrogens with zero attached hydrogens (tertiary/aromatic N) is 1. The van der Waals surface area contributed by atoms with Gasteiger partial charge >= 0.3 is 11.9 Å². The maximum Gasteiger partial charge on any atom is 0.326 e. The predicted octanol–water partition coefficient (Wildman–Crippen LogP) is -2.95. The lowest BCUT2D eigenvalue weighted by Gasteiger charge is -2.23.